The van der Waals surface area contributed by atoms with Crippen molar-refractivity contribution in [2.45, 2.75) is 50.0 Å². The molecule has 2 fully saturated rings. The molecule has 0 atom stereocenters. The summed E-state index contributed by atoms with van der Waals surface area (Å²) in [4.78, 5) is 8.26. The fourth-order valence-corrected chi connectivity index (χ4v) is 6.66. The van der Waals surface area contributed by atoms with Crippen molar-refractivity contribution in [2.24, 2.45) is 5.92 Å². The lowest BCUT2D eigenvalue weighted by Crippen LogP contribution is -2.42. The summed E-state index contributed by atoms with van der Waals surface area (Å²) in [6.45, 7) is 5.07. The molecule has 0 radical (unpaired) electrons. The fourth-order valence-electron chi connectivity index (χ4n) is 4.32. The van der Waals surface area contributed by atoms with Gasteiger partial charge in [0, 0.05) is 55.6 Å². The predicted octanol–water partition coefficient (Wildman–Crippen LogP) is 3.18. The van der Waals surface area contributed by atoms with Crippen LogP contribution in [0.4, 0.5) is 10.8 Å². The third-order valence-corrected chi connectivity index (χ3v) is 9.34. The molecule has 9 heteroatoms. The largest absolute Gasteiger partial charge is 0.396 e. The topological polar surface area (TPSA) is 85.8 Å². The van der Waals surface area contributed by atoms with E-state index in [0.29, 0.717) is 23.9 Å². The van der Waals surface area contributed by atoms with E-state index < -0.39 is 10.0 Å². The van der Waals surface area contributed by atoms with Crippen LogP contribution in [0, 0.1) is 5.92 Å². The first-order valence-electron chi connectivity index (χ1n) is 11.2. The number of thiazole rings is 1. The van der Waals surface area contributed by atoms with Gasteiger partial charge < -0.3 is 15.3 Å². The van der Waals surface area contributed by atoms with E-state index >= 15 is 0 Å². The van der Waals surface area contributed by atoms with E-state index in [2.05, 4.69) is 22.1 Å². The van der Waals surface area contributed by atoms with E-state index in [9.17, 15) is 13.5 Å². The number of nitrogens with one attached hydrogen (secondary N) is 1. The minimum Gasteiger partial charge on any atom is -0.396 e. The number of hydrogen-bond donors (Lipinski definition) is 2. The molecule has 0 aliphatic carbocycles. The van der Waals surface area contributed by atoms with Gasteiger partial charge in [0.05, 0.1) is 4.90 Å². The van der Waals surface area contributed by atoms with Crippen molar-refractivity contribution in [1.82, 2.24) is 9.29 Å². The Kier molecular flexibility index (Phi) is 7.15. The zero-order valence-electron chi connectivity index (χ0n) is 18.0. The summed E-state index contributed by atoms with van der Waals surface area (Å²) < 4.78 is 28.2. The van der Waals surface area contributed by atoms with Crippen LogP contribution < -0.4 is 10.2 Å². The summed E-state index contributed by atoms with van der Waals surface area (Å²) in [6, 6.07) is 7.57. The van der Waals surface area contributed by atoms with Gasteiger partial charge in [0.2, 0.25) is 10.0 Å². The lowest BCUT2D eigenvalue weighted by atomic mass is 9.97. The quantitative estimate of drug-likeness (QED) is 0.655. The third kappa shape index (κ3) is 5.22. The van der Waals surface area contributed by atoms with Crippen LogP contribution in [0.2, 0.25) is 0 Å². The molecule has 0 unspecified atom stereocenters. The molecule has 2 aliphatic rings. The number of aliphatic hydroxyl groups excluding tert-OH is 1. The Bertz CT molecular complexity index is 963. The molecular formula is C22H32N4O3S2. The molecule has 0 amide bonds. The highest BCUT2D eigenvalue weighted by atomic mass is 32.2. The third-order valence-electron chi connectivity index (χ3n) is 6.38. The molecule has 3 heterocycles. The molecule has 170 valence electrons. The number of rotatable bonds is 7. The maximum Gasteiger partial charge on any atom is 0.243 e. The molecule has 0 spiro atoms. The number of piperidine rings is 2. The molecule has 1 aromatic carbocycles. The summed E-state index contributed by atoms with van der Waals surface area (Å²) in [5, 5.41) is 13.7. The SMILES string of the molecule is CCc1cnc(NC2CCN(S(=O)(=O)c3cccc(N4CCC(CO)CC4)c3)CC2)s1. The molecule has 2 N–H and O–H groups in total. The number of benzene rings is 1. The van der Waals surface area contributed by atoms with Crippen LogP contribution in [0.3, 0.4) is 0 Å². The van der Waals surface area contributed by atoms with Gasteiger partial charge in [-0.05, 0) is 56.2 Å². The summed E-state index contributed by atoms with van der Waals surface area (Å²) in [5.41, 5.74) is 0.949. The van der Waals surface area contributed by atoms with Crippen molar-refractivity contribution in [3.8, 4) is 0 Å². The number of hydrogen-bond acceptors (Lipinski definition) is 7. The highest BCUT2D eigenvalue weighted by Crippen LogP contribution is 2.28. The zero-order chi connectivity index (χ0) is 21.8. The normalized spacial score (nSPS) is 19.6. The van der Waals surface area contributed by atoms with Crippen LogP contribution in [0.15, 0.2) is 35.4 Å². The average molecular weight is 465 g/mol. The predicted molar refractivity (Wildman–Crippen MR) is 125 cm³/mol. The molecule has 0 saturated carbocycles. The van der Waals surface area contributed by atoms with E-state index in [0.717, 1.165) is 56.0 Å². The van der Waals surface area contributed by atoms with Gasteiger partial charge in [-0.2, -0.15) is 4.31 Å². The zero-order valence-corrected chi connectivity index (χ0v) is 19.7. The Morgan fingerprint density at radius 2 is 1.90 bits per heavy atom. The molecule has 4 rings (SSSR count). The standard InChI is InChI=1S/C22H32N4O3S2/c1-2-20-15-23-22(30-20)24-18-8-12-26(13-9-18)31(28,29)21-5-3-4-19(14-21)25-10-6-17(16-27)7-11-25/h3-5,14-15,17-18,27H,2,6-13,16H2,1H3,(H,23,24). The van der Waals surface area contributed by atoms with Gasteiger partial charge in [0.15, 0.2) is 5.13 Å². The Hall–Kier alpha value is -1.68. The molecule has 1 aromatic heterocycles. The average Bonchev–Trinajstić information content (AvgIpc) is 3.27. The van der Waals surface area contributed by atoms with Gasteiger partial charge in [-0.1, -0.05) is 13.0 Å². The Morgan fingerprint density at radius 3 is 2.55 bits per heavy atom. The molecule has 2 saturated heterocycles. The smallest absolute Gasteiger partial charge is 0.243 e. The highest BCUT2D eigenvalue weighted by Gasteiger charge is 2.30. The van der Waals surface area contributed by atoms with Crippen LogP contribution in [0.25, 0.3) is 0 Å². The summed E-state index contributed by atoms with van der Waals surface area (Å²) in [6.07, 6.45) is 6.31. The van der Waals surface area contributed by atoms with E-state index in [1.807, 2.05) is 18.3 Å². The van der Waals surface area contributed by atoms with Crippen molar-refractivity contribution in [3.63, 3.8) is 0 Å². The van der Waals surface area contributed by atoms with Crippen molar-refractivity contribution < 1.29 is 13.5 Å². The number of aromatic nitrogens is 1. The second-order valence-corrected chi connectivity index (χ2v) is 11.5. The first-order valence-corrected chi connectivity index (χ1v) is 13.4. The van der Waals surface area contributed by atoms with Crippen molar-refractivity contribution in [1.29, 1.82) is 0 Å². The van der Waals surface area contributed by atoms with Crippen molar-refractivity contribution in [2.75, 3.05) is 43.0 Å². The second-order valence-electron chi connectivity index (χ2n) is 8.42. The van der Waals surface area contributed by atoms with Crippen LogP contribution in [-0.2, 0) is 16.4 Å². The maximum atomic E-state index is 13.3. The fraction of sp³-hybridized carbons (Fsp3) is 0.591. The van der Waals surface area contributed by atoms with Gasteiger partial charge in [0.25, 0.3) is 0 Å². The van der Waals surface area contributed by atoms with E-state index in [4.69, 9.17) is 0 Å². The maximum absolute atomic E-state index is 13.3. The minimum absolute atomic E-state index is 0.232. The second kappa shape index (κ2) is 9.85. The highest BCUT2D eigenvalue weighted by molar-refractivity contribution is 7.89. The number of aliphatic hydroxyl groups is 1. The molecule has 31 heavy (non-hydrogen) atoms. The number of nitrogens with zero attached hydrogens (tertiary/aromatic N) is 3. The Labute approximate surface area is 189 Å². The summed E-state index contributed by atoms with van der Waals surface area (Å²) >= 11 is 1.67. The molecule has 0 bridgehead atoms. The van der Waals surface area contributed by atoms with E-state index in [-0.39, 0.29) is 12.6 Å². The van der Waals surface area contributed by atoms with Gasteiger partial charge >= 0.3 is 0 Å². The summed E-state index contributed by atoms with van der Waals surface area (Å²) in [5.74, 6) is 0.357. The molecule has 7 nitrogen and oxygen atoms in total. The van der Waals surface area contributed by atoms with E-state index in [1.54, 1.807) is 27.8 Å². The monoisotopic (exact) mass is 464 g/mol. The van der Waals surface area contributed by atoms with Crippen LogP contribution >= 0.6 is 11.3 Å². The first kappa shape index (κ1) is 22.5. The number of anilines is 2. The minimum atomic E-state index is -3.51. The van der Waals surface area contributed by atoms with E-state index in [1.165, 1.54) is 4.88 Å². The summed E-state index contributed by atoms with van der Waals surface area (Å²) in [7, 11) is -3.51. The molecule has 2 aliphatic heterocycles. The number of sulfonamides is 1. The lowest BCUT2D eigenvalue weighted by molar-refractivity contribution is 0.203. The van der Waals surface area contributed by atoms with Gasteiger partial charge in [-0.15, -0.1) is 11.3 Å². The Morgan fingerprint density at radius 1 is 1.16 bits per heavy atom. The molecular weight excluding hydrogens is 432 g/mol. The van der Waals surface area contributed by atoms with Crippen LogP contribution in [0.5, 0.6) is 0 Å². The Balaban J connectivity index is 1.37. The number of aryl methyl sites for hydroxylation is 1. The lowest BCUT2D eigenvalue weighted by Gasteiger charge is -2.34. The first-order chi connectivity index (χ1) is 15.0. The van der Waals surface area contributed by atoms with Gasteiger partial charge in [-0.3, -0.25) is 0 Å². The van der Waals surface area contributed by atoms with Crippen LogP contribution in [-0.4, -0.2) is 61.6 Å². The molecule has 2 aromatic rings. The van der Waals surface area contributed by atoms with Crippen molar-refractivity contribution in [3.05, 3.63) is 35.3 Å². The van der Waals surface area contributed by atoms with Gasteiger partial charge in [-0.25, -0.2) is 13.4 Å². The van der Waals surface area contributed by atoms with Gasteiger partial charge in [0.1, 0.15) is 0 Å². The van der Waals surface area contributed by atoms with Crippen LogP contribution in [0.1, 0.15) is 37.5 Å². The van der Waals surface area contributed by atoms with Crippen molar-refractivity contribution >= 4 is 32.2 Å².